The molecule has 64 heavy (non-hydrogen) atoms. The minimum absolute atomic E-state index is 0.0712. The van der Waals surface area contributed by atoms with Crippen molar-refractivity contribution in [3.63, 3.8) is 0 Å². The van der Waals surface area contributed by atoms with Crippen molar-refractivity contribution in [2.24, 2.45) is 25.5 Å². The number of allylic oxidation sites excluding steroid dienone is 2. The fourth-order valence-electron chi connectivity index (χ4n) is 7.93. The first-order valence-electron chi connectivity index (χ1n) is 19.1. The molecule has 16 nitrogen and oxygen atoms in total. The number of hydrogen-bond acceptors (Lipinski definition) is 9. The van der Waals surface area contributed by atoms with Gasteiger partial charge in [0.1, 0.15) is 0 Å². The first-order valence-corrected chi connectivity index (χ1v) is 25.3. The molecule has 0 saturated carbocycles. The van der Waals surface area contributed by atoms with E-state index in [9.17, 15) is 33.7 Å². The Morgan fingerprint density at radius 1 is 0.391 bits per heavy atom. The predicted molar refractivity (Wildman–Crippen MR) is 241 cm³/mol. The van der Waals surface area contributed by atoms with Crippen LogP contribution < -0.4 is 31.3 Å². The molecule has 8 bridgehead atoms. The zero-order valence-corrected chi connectivity index (χ0v) is 36.4. The second-order valence-corrected chi connectivity index (χ2v) is 21.3. The second-order valence-electron chi connectivity index (χ2n) is 15.0. The van der Waals surface area contributed by atoms with E-state index in [0.717, 1.165) is 0 Å². The Labute approximate surface area is 367 Å². The molecule has 0 aliphatic carbocycles. The van der Waals surface area contributed by atoms with Gasteiger partial charge in [-0.15, -0.1) is 0 Å². The lowest BCUT2D eigenvalue weighted by atomic mass is 9.93. The topological polar surface area (TPSA) is 300 Å². The summed E-state index contributed by atoms with van der Waals surface area (Å²) in [4.78, 5) is 15.5. The van der Waals surface area contributed by atoms with Gasteiger partial charge >= 0.3 is 0 Å². The monoisotopic (exact) mass is 932 g/mol. The van der Waals surface area contributed by atoms with Crippen molar-refractivity contribution in [1.82, 2.24) is 15.0 Å². The third-order valence-corrected chi connectivity index (χ3v) is 14.6. The van der Waals surface area contributed by atoms with E-state index in [1.165, 1.54) is 48.5 Å². The zero-order chi connectivity index (χ0) is 45.3. The zero-order valence-electron chi connectivity index (χ0n) is 33.1. The van der Waals surface area contributed by atoms with Gasteiger partial charge in [0.2, 0.25) is 40.1 Å². The van der Waals surface area contributed by atoms with Gasteiger partial charge in [0.05, 0.1) is 36.9 Å². The SMILES string of the molecule is NS(=O)(=O)c1ccc(C2=C3C=CC(=N3)C(c3ccc(S(N)(=O)=O)cc3)=c3ccc([nH]3)=C(c3ccc(S(N)(=O)=O)cc3)c3ccc([nH]3)C(c3ccc(S(N)(=O)=O)cc3)c3ccc2[nH]3)cc1. The summed E-state index contributed by atoms with van der Waals surface area (Å²) in [7, 11) is -16.1. The number of benzene rings is 4. The third-order valence-electron chi connectivity index (χ3n) is 10.9. The van der Waals surface area contributed by atoms with Gasteiger partial charge in [0.25, 0.3) is 0 Å². The van der Waals surface area contributed by atoms with Crippen LogP contribution in [0.25, 0.3) is 16.7 Å². The number of nitrogens with two attached hydrogens (primary N) is 4. The Hall–Kier alpha value is -6.75. The lowest BCUT2D eigenvalue weighted by Gasteiger charge is -2.17. The number of primary sulfonamides is 4. The van der Waals surface area contributed by atoms with Crippen molar-refractivity contribution in [2.75, 3.05) is 0 Å². The van der Waals surface area contributed by atoms with E-state index in [0.29, 0.717) is 83.9 Å². The van der Waals surface area contributed by atoms with E-state index >= 15 is 0 Å². The number of aliphatic imine (C=N–C) groups is 1. The molecule has 5 heterocycles. The van der Waals surface area contributed by atoms with Crippen LogP contribution in [-0.2, 0) is 40.1 Å². The molecule has 4 aromatic carbocycles. The normalized spacial score (nSPS) is 15.8. The quantitative estimate of drug-likeness (QED) is 0.119. The van der Waals surface area contributed by atoms with Gasteiger partial charge < -0.3 is 15.0 Å². The van der Waals surface area contributed by atoms with Crippen LogP contribution in [0.15, 0.2) is 176 Å². The predicted octanol–water partition coefficient (Wildman–Crippen LogP) is 2.67. The molecule has 11 N–H and O–H groups in total. The third kappa shape index (κ3) is 8.15. The minimum atomic E-state index is -4.02. The number of aromatic nitrogens is 3. The summed E-state index contributed by atoms with van der Waals surface area (Å²) in [6, 6.07) is 35.6. The van der Waals surface area contributed by atoms with Crippen LogP contribution in [0.2, 0.25) is 0 Å². The standard InChI is InChI=1S/C44H36N8O8S4/c45-61(53,54)29-9-1-25(2-10-29)41-33-17-19-35(49-33)42(26-3-11-30(12-4-26)62(46,55)56)37-21-23-39(51-37)44(28-7-15-32(16-8-28)64(48,59)60)40-24-22-38(52-40)43(36-20-18-34(41)50-36)27-5-13-31(14-6-27)63(47,57)58/h1-24,41,49-51H,(H2,45,53,54)(H2,46,55,56)(H2,47,57,58)(H2,48,59,60). The lowest BCUT2D eigenvalue weighted by Crippen LogP contribution is -2.20. The first kappa shape index (κ1) is 42.5. The maximum absolute atomic E-state index is 12.3. The van der Waals surface area contributed by atoms with Crippen molar-refractivity contribution in [3.05, 3.63) is 207 Å². The number of nitrogens with one attached hydrogen (secondary N) is 3. The summed E-state index contributed by atoms with van der Waals surface area (Å²) in [5.41, 5.74) is 7.85. The number of aromatic amines is 3. The highest BCUT2D eigenvalue weighted by atomic mass is 32.2. The number of sulfonamides is 4. The molecule has 3 aromatic heterocycles. The average Bonchev–Trinajstić information content (AvgIpc) is 4.08. The summed E-state index contributed by atoms with van der Waals surface area (Å²) in [6.45, 7) is 0. The van der Waals surface area contributed by atoms with Crippen LogP contribution in [0.3, 0.4) is 0 Å². The van der Waals surface area contributed by atoms with Gasteiger partial charge in [-0.25, -0.2) is 59.2 Å². The Morgan fingerprint density at radius 3 is 1.20 bits per heavy atom. The molecule has 0 radical (unpaired) electrons. The molecular weight excluding hydrogens is 897 g/mol. The first-order chi connectivity index (χ1) is 30.2. The fraction of sp³-hybridized carbons (Fsp3) is 0.0227. The molecular formula is C44H36N8O8S4. The lowest BCUT2D eigenvalue weighted by molar-refractivity contribution is 0.596. The molecule has 1 atom stereocenters. The summed E-state index contributed by atoms with van der Waals surface area (Å²) < 4.78 is 98.2. The van der Waals surface area contributed by atoms with Crippen LogP contribution in [0, 0.1) is 0 Å². The van der Waals surface area contributed by atoms with E-state index in [1.54, 1.807) is 48.5 Å². The van der Waals surface area contributed by atoms with E-state index in [4.69, 9.17) is 25.5 Å². The number of nitrogens with zero attached hydrogens (tertiary/aromatic N) is 1. The minimum Gasteiger partial charge on any atom is -0.357 e. The highest BCUT2D eigenvalue weighted by molar-refractivity contribution is 7.90. The van der Waals surface area contributed by atoms with Crippen molar-refractivity contribution >= 4 is 62.5 Å². The molecule has 20 heteroatoms. The molecule has 2 aliphatic rings. The summed E-state index contributed by atoms with van der Waals surface area (Å²) >= 11 is 0. The molecule has 0 saturated heterocycles. The van der Waals surface area contributed by atoms with Gasteiger partial charge in [-0.3, -0.25) is 0 Å². The Balaban J connectivity index is 1.37. The summed E-state index contributed by atoms with van der Waals surface area (Å²) in [6.07, 6.45) is 3.62. The van der Waals surface area contributed by atoms with Gasteiger partial charge in [-0.2, -0.15) is 0 Å². The highest BCUT2D eigenvalue weighted by Gasteiger charge is 2.26. The van der Waals surface area contributed by atoms with Crippen LogP contribution in [0.1, 0.15) is 50.9 Å². The number of rotatable bonds is 8. The smallest absolute Gasteiger partial charge is 0.238 e. The van der Waals surface area contributed by atoms with E-state index in [1.807, 2.05) is 48.6 Å². The van der Waals surface area contributed by atoms with Crippen molar-refractivity contribution in [3.8, 4) is 0 Å². The maximum atomic E-state index is 12.3. The van der Waals surface area contributed by atoms with Crippen LogP contribution in [0.5, 0.6) is 0 Å². The fourth-order valence-corrected chi connectivity index (χ4v) is 9.99. The van der Waals surface area contributed by atoms with E-state index in [2.05, 4.69) is 15.0 Å². The molecule has 1 unspecified atom stereocenters. The maximum Gasteiger partial charge on any atom is 0.238 e. The molecule has 324 valence electrons. The van der Waals surface area contributed by atoms with Crippen LogP contribution >= 0.6 is 0 Å². The Kier molecular flexibility index (Phi) is 10.3. The molecule has 0 fully saturated rings. The van der Waals surface area contributed by atoms with Gasteiger partial charge in [-0.1, -0.05) is 48.5 Å². The van der Waals surface area contributed by atoms with Gasteiger partial charge in [0, 0.05) is 50.2 Å². The average molecular weight is 933 g/mol. The second kappa shape index (κ2) is 15.5. The molecule has 0 amide bonds. The van der Waals surface area contributed by atoms with Crippen molar-refractivity contribution < 1.29 is 33.7 Å². The number of hydrogen-bond donors (Lipinski definition) is 7. The molecule has 2 aliphatic heterocycles. The van der Waals surface area contributed by atoms with E-state index < -0.39 is 46.0 Å². The molecule has 9 rings (SSSR count). The van der Waals surface area contributed by atoms with E-state index in [-0.39, 0.29) is 19.6 Å². The largest absolute Gasteiger partial charge is 0.357 e. The molecule has 7 aromatic rings. The van der Waals surface area contributed by atoms with Gasteiger partial charge in [-0.05, 0) is 119 Å². The Morgan fingerprint density at radius 2 is 0.766 bits per heavy atom. The molecule has 0 spiro atoms. The van der Waals surface area contributed by atoms with Crippen LogP contribution in [0.4, 0.5) is 0 Å². The highest BCUT2D eigenvalue weighted by Crippen LogP contribution is 2.37. The summed E-state index contributed by atoms with van der Waals surface area (Å²) in [5.74, 6) is -0.565. The van der Waals surface area contributed by atoms with Gasteiger partial charge in [0.15, 0.2) is 0 Å². The number of H-pyrrole nitrogens is 3. The number of fused-ring (bicyclic) bond motifs is 7. The van der Waals surface area contributed by atoms with Crippen molar-refractivity contribution in [1.29, 1.82) is 0 Å². The van der Waals surface area contributed by atoms with Crippen LogP contribution in [-0.4, -0.2) is 54.3 Å². The Bertz CT molecular complexity index is 3740. The van der Waals surface area contributed by atoms with Crippen molar-refractivity contribution in [2.45, 2.75) is 25.5 Å². The summed E-state index contributed by atoms with van der Waals surface area (Å²) in [5, 5.41) is 23.0.